The molecule has 7 heteroatoms. The van der Waals surface area contributed by atoms with Crippen molar-refractivity contribution in [3.8, 4) is 0 Å². The molecule has 0 heterocycles. The van der Waals surface area contributed by atoms with Crippen LogP contribution in [0.4, 0.5) is 0 Å². The Balaban J connectivity index is 1.42. The summed E-state index contributed by atoms with van der Waals surface area (Å²) in [5.74, 6) is 2.39. The third-order valence-electron chi connectivity index (χ3n) is 10.3. The van der Waals surface area contributed by atoms with Crippen LogP contribution in [0.1, 0.15) is 103 Å². The van der Waals surface area contributed by atoms with E-state index in [1.807, 2.05) is 14.2 Å². The van der Waals surface area contributed by atoms with E-state index in [0.29, 0.717) is 35.9 Å². The van der Waals surface area contributed by atoms with Gasteiger partial charge in [-0.05, 0) is 127 Å². The maximum atomic E-state index is 11.3. The normalized spacial score (nSPS) is 33.6. The molecule has 224 valence electrons. The molecule has 0 aromatic heterocycles. The Morgan fingerprint density at radius 2 is 1.47 bits per heavy atom. The molecular formula is C31H58Cl2N2O3. The number of rotatable bonds is 16. The van der Waals surface area contributed by atoms with Crippen LogP contribution >= 0.6 is 23.2 Å². The minimum atomic E-state index is -0.496. The summed E-state index contributed by atoms with van der Waals surface area (Å²) in [7, 11) is 3.65. The van der Waals surface area contributed by atoms with Crippen LogP contribution in [0.3, 0.4) is 0 Å². The lowest BCUT2D eigenvalue weighted by molar-refractivity contribution is -0.0427. The molecule has 7 unspecified atom stereocenters. The van der Waals surface area contributed by atoms with E-state index in [0.717, 1.165) is 77.5 Å². The Hall–Kier alpha value is 0.380. The number of halogens is 2. The Morgan fingerprint density at radius 3 is 2.08 bits per heavy atom. The van der Waals surface area contributed by atoms with Gasteiger partial charge in [-0.25, -0.2) is 0 Å². The lowest BCUT2D eigenvalue weighted by Gasteiger charge is -2.38. The fourth-order valence-electron chi connectivity index (χ4n) is 7.65. The molecule has 0 saturated heterocycles. The molecule has 3 rings (SSSR count). The van der Waals surface area contributed by atoms with E-state index in [2.05, 4.69) is 17.6 Å². The first-order valence-corrected chi connectivity index (χ1v) is 16.7. The standard InChI is InChI=1S/C31H58Cl2N2O3/c1-4-31(36,26-8-6-5-7-9-26)14-17-34-15-12-24(25-10-11-29(32)30(33)20-25)13-16-35-22-23-18-27(37-2)21-28(19-23)38-3/h23-30,34-36H,4-22H2,1-3H3. The molecular weight excluding hydrogens is 519 g/mol. The van der Waals surface area contributed by atoms with Gasteiger partial charge >= 0.3 is 0 Å². The predicted octanol–water partition coefficient (Wildman–Crippen LogP) is 6.52. The first-order chi connectivity index (χ1) is 18.4. The van der Waals surface area contributed by atoms with Gasteiger partial charge in [-0.15, -0.1) is 23.2 Å². The second-order valence-corrected chi connectivity index (χ2v) is 13.8. The molecule has 0 aliphatic heterocycles. The van der Waals surface area contributed by atoms with Gasteiger partial charge in [0, 0.05) is 19.6 Å². The molecule has 3 N–H and O–H groups in total. The maximum Gasteiger partial charge on any atom is 0.0685 e. The van der Waals surface area contributed by atoms with Gasteiger partial charge in [0.1, 0.15) is 0 Å². The van der Waals surface area contributed by atoms with Crippen LogP contribution in [-0.2, 0) is 9.47 Å². The third-order valence-corrected chi connectivity index (χ3v) is 11.4. The van der Waals surface area contributed by atoms with Gasteiger partial charge < -0.3 is 25.2 Å². The molecule has 0 aromatic rings. The smallest absolute Gasteiger partial charge is 0.0685 e. The van der Waals surface area contributed by atoms with E-state index in [9.17, 15) is 5.11 Å². The van der Waals surface area contributed by atoms with Crippen molar-refractivity contribution in [3.05, 3.63) is 0 Å². The molecule has 3 aliphatic carbocycles. The topological polar surface area (TPSA) is 62.8 Å². The zero-order chi connectivity index (χ0) is 27.4. The average molecular weight is 578 g/mol. The molecule has 0 radical (unpaired) electrons. The maximum absolute atomic E-state index is 11.3. The first kappa shape index (κ1) is 32.9. The molecule has 3 fully saturated rings. The highest BCUT2D eigenvalue weighted by Crippen LogP contribution is 2.39. The highest BCUT2D eigenvalue weighted by molar-refractivity contribution is 6.30. The lowest BCUT2D eigenvalue weighted by Crippen LogP contribution is -2.41. The van der Waals surface area contributed by atoms with Crippen molar-refractivity contribution in [1.82, 2.24) is 10.6 Å². The minimum Gasteiger partial charge on any atom is -0.390 e. The summed E-state index contributed by atoms with van der Waals surface area (Å²) in [4.78, 5) is 0. The summed E-state index contributed by atoms with van der Waals surface area (Å²) >= 11 is 13.1. The fourth-order valence-corrected chi connectivity index (χ4v) is 8.23. The molecule has 0 spiro atoms. The fraction of sp³-hybridized carbons (Fsp3) is 1.00. The number of nitrogens with one attached hydrogen (secondary N) is 2. The van der Waals surface area contributed by atoms with Crippen LogP contribution in [0.5, 0.6) is 0 Å². The molecule has 0 amide bonds. The van der Waals surface area contributed by atoms with Crippen LogP contribution in [0.25, 0.3) is 0 Å². The Labute approximate surface area is 243 Å². The van der Waals surface area contributed by atoms with Crippen molar-refractivity contribution in [2.75, 3.05) is 40.4 Å². The van der Waals surface area contributed by atoms with E-state index >= 15 is 0 Å². The van der Waals surface area contributed by atoms with Gasteiger partial charge in [-0.1, -0.05) is 26.2 Å². The summed E-state index contributed by atoms with van der Waals surface area (Å²) in [6, 6.07) is 0. The number of alkyl halides is 2. The minimum absolute atomic E-state index is 0.0908. The van der Waals surface area contributed by atoms with Crippen molar-refractivity contribution >= 4 is 23.2 Å². The largest absolute Gasteiger partial charge is 0.390 e. The third kappa shape index (κ3) is 10.3. The van der Waals surface area contributed by atoms with Gasteiger partial charge in [0.25, 0.3) is 0 Å². The number of hydrogen-bond acceptors (Lipinski definition) is 5. The van der Waals surface area contributed by atoms with E-state index < -0.39 is 5.60 Å². The number of aliphatic hydroxyl groups is 1. The zero-order valence-corrected chi connectivity index (χ0v) is 26.1. The van der Waals surface area contributed by atoms with Crippen molar-refractivity contribution in [2.24, 2.45) is 23.7 Å². The quantitative estimate of drug-likeness (QED) is 0.144. The van der Waals surface area contributed by atoms with Crippen LogP contribution in [0.2, 0.25) is 0 Å². The van der Waals surface area contributed by atoms with Crippen LogP contribution < -0.4 is 10.6 Å². The summed E-state index contributed by atoms with van der Waals surface area (Å²) in [5, 5.41) is 19.0. The SMILES string of the molecule is CCC(O)(CCNCCC(CCNCC1CC(OC)CC(OC)C1)C1CCC(Cl)C(Cl)C1)C1CCCCC1. The summed E-state index contributed by atoms with van der Waals surface area (Å²) in [6.07, 6.45) is 17.5. The Morgan fingerprint density at radius 1 is 0.816 bits per heavy atom. The number of hydrogen-bond donors (Lipinski definition) is 3. The summed E-state index contributed by atoms with van der Waals surface area (Å²) in [6.45, 7) is 6.15. The predicted molar refractivity (Wildman–Crippen MR) is 160 cm³/mol. The Kier molecular flexibility index (Phi) is 15.0. The van der Waals surface area contributed by atoms with Crippen LogP contribution in [0.15, 0.2) is 0 Å². The van der Waals surface area contributed by atoms with E-state index in [-0.39, 0.29) is 10.8 Å². The van der Waals surface area contributed by atoms with Crippen molar-refractivity contribution in [1.29, 1.82) is 0 Å². The zero-order valence-electron chi connectivity index (χ0n) is 24.6. The highest BCUT2D eigenvalue weighted by Gasteiger charge is 2.35. The molecule has 0 aromatic carbocycles. The number of methoxy groups -OCH3 is 2. The van der Waals surface area contributed by atoms with Crippen molar-refractivity contribution < 1.29 is 14.6 Å². The second-order valence-electron chi connectivity index (χ2n) is 12.7. The first-order valence-electron chi connectivity index (χ1n) is 15.9. The van der Waals surface area contributed by atoms with Gasteiger partial charge in [0.15, 0.2) is 0 Å². The van der Waals surface area contributed by atoms with Crippen LogP contribution in [-0.4, -0.2) is 74.1 Å². The molecule has 5 nitrogen and oxygen atoms in total. The molecule has 7 atom stereocenters. The monoisotopic (exact) mass is 576 g/mol. The van der Waals surface area contributed by atoms with Crippen LogP contribution in [0, 0.1) is 23.7 Å². The number of ether oxygens (including phenoxy) is 2. The van der Waals surface area contributed by atoms with Gasteiger partial charge in [0.05, 0.1) is 23.2 Å². The summed E-state index contributed by atoms with van der Waals surface area (Å²) in [5.41, 5.74) is -0.496. The van der Waals surface area contributed by atoms with Crippen molar-refractivity contribution in [3.63, 3.8) is 0 Å². The van der Waals surface area contributed by atoms with Gasteiger partial charge in [0.2, 0.25) is 0 Å². The average Bonchev–Trinajstić information content (AvgIpc) is 2.95. The molecule has 0 bridgehead atoms. The summed E-state index contributed by atoms with van der Waals surface area (Å²) < 4.78 is 11.3. The highest BCUT2D eigenvalue weighted by atomic mass is 35.5. The second kappa shape index (κ2) is 17.4. The van der Waals surface area contributed by atoms with E-state index in [4.69, 9.17) is 32.7 Å². The molecule has 3 aliphatic rings. The van der Waals surface area contributed by atoms with Gasteiger partial charge in [-0.2, -0.15) is 0 Å². The molecule has 3 saturated carbocycles. The van der Waals surface area contributed by atoms with E-state index in [1.165, 1.54) is 44.9 Å². The van der Waals surface area contributed by atoms with E-state index in [1.54, 1.807) is 0 Å². The molecule has 38 heavy (non-hydrogen) atoms. The Bertz CT molecular complexity index is 626. The van der Waals surface area contributed by atoms with Crippen molar-refractivity contribution in [2.45, 2.75) is 132 Å². The van der Waals surface area contributed by atoms with Gasteiger partial charge in [-0.3, -0.25) is 0 Å². The lowest BCUT2D eigenvalue weighted by atomic mass is 9.74.